The summed E-state index contributed by atoms with van der Waals surface area (Å²) in [6, 6.07) is 6.98. The van der Waals surface area contributed by atoms with Gasteiger partial charge in [-0.05, 0) is 51.5 Å². The number of nitrogens with one attached hydrogen (secondary N) is 1. The standard InChI is InChI=1S/C13H14BrNO3S2/c1-9-5-10(8-16)6-12(13(9)14)20(17,18)15-7-11-3-2-4-19-11/h2-6,15-16H,7-8H2,1H3. The first-order valence-corrected chi connectivity index (χ1v) is 9.01. The Morgan fingerprint density at radius 1 is 1.40 bits per heavy atom. The number of aliphatic hydroxyl groups is 1. The fourth-order valence-electron chi connectivity index (χ4n) is 1.75. The average Bonchev–Trinajstić information content (AvgIpc) is 2.92. The summed E-state index contributed by atoms with van der Waals surface area (Å²) < 4.78 is 27.8. The van der Waals surface area contributed by atoms with Gasteiger partial charge in [-0.2, -0.15) is 0 Å². The van der Waals surface area contributed by atoms with Crippen LogP contribution < -0.4 is 4.72 Å². The lowest BCUT2D eigenvalue weighted by molar-refractivity contribution is 0.281. The van der Waals surface area contributed by atoms with Crippen molar-refractivity contribution in [3.05, 3.63) is 50.1 Å². The third kappa shape index (κ3) is 3.48. The van der Waals surface area contributed by atoms with E-state index in [9.17, 15) is 13.5 Å². The number of sulfonamides is 1. The van der Waals surface area contributed by atoms with Crippen molar-refractivity contribution in [2.75, 3.05) is 0 Å². The summed E-state index contributed by atoms with van der Waals surface area (Å²) >= 11 is 4.80. The highest BCUT2D eigenvalue weighted by Crippen LogP contribution is 2.27. The summed E-state index contributed by atoms with van der Waals surface area (Å²) in [4.78, 5) is 1.10. The van der Waals surface area contributed by atoms with Crippen LogP contribution in [0.3, 0.4) is 0 Å². The highest BCUT2D eigenvalue weighted by atomic mass is 79.9. The fourth-order valence-corrected chi connectivity index (χ4v) is 4.56. The molecule has 7 heteroatoms. The predicted octanol–water partition coefficient (Wildman–Crippen LogP) is 2.79. The van der Waals surface area contributed by atoms with Gasteiger partial charge in [0, 0.05) is 15.9 Å². The molecule has 0 spiro atoms. The van der Waals surface area contributed by atoms with Crippen molar-refractivity contribution >= 4 is 37.3 Å². The SMILES string of the molecule is Cc1cc(CO)cc(S(=O)(=O)NCc2cccs2)c1Br. The molecule has 0 bridgehead atoms. The summed E-state index contributed by atoms with van der Waals surface area (Å²) in [5.41, 5.74) is 1.34. The van der Waals surface area contributed by atoms with E-state index in [1.165, 1.54) is 17.4 Å². The molecule has 0 amide bonds. The van der Waals surface area contributed by atoms with Gasteiger partial charge in [0.2, 0.25) is 10.0 Å². The Morgan fingerprint density at radius 2 is 2.15 bits per heavy atom. The average molecular weight is 376 g/mol. The monoisotopic (exact) mass is 375 g/mol. The lowest BCUT2D eigenvalue weighted by Gasteiger charge is -2.11. The number of halogens is 1. The zero-order valence-corrected chi connectivity index (χ0v) is 14.0. The first-order valence-electron chi connectivity index (χ1n) is 5.86. The van der Waals surface area contributed by atoms with Crippen molar-refractivity contribution in [2.24, 2.45) is 0 Å². The molecule has 2 N–H and O–H groups in total. The lowest BCUT2D eigenvalue weighted by atomic mass is 10.1. The molecule has 0 aliphatic rings. The Morgan fingerprint density at radius 3 is 2.75 bits per heavy atom. The van der Waals surface area contributed by atoms with Crippen LogP contribution in [0.4, 0.5) is 0 Å². The minimum absolute atomic E-state index is 0.151. The number of hydrogen-bond acceptors (Lipinski definition) is 4. The second kappa shape index (κ2) is 6.36. The van der Waals surface area contributed by atoms with E-state index in [2.05, 4.69) is 20.7 Å². The van der Waals surface area contributed by atoms with Crippen molar-refractivity contribution < 1.29 is 13.5 Å². The van der Waals surface area contributed by atoms with Crippen LogP contribution in [0.1, 0.15) is 16.0 Å². The molecule has 2 rings (SSSR count). The van der Waals surface area contributed by atoms with Crippen molar-refractivity contribution in [3.63, 3.8) is 0 Å². The Kier molecular flexibility index (Phi) is 4.98. The van der Waals surface area contributed by atoms with Crippen molar-refractivity contribution in [1.29, 1.82) is 0 Å². The second-order valence-corrected chi connectivity index (χ2v) is 7.85. The van der Waals surface area contributed by atoms with Crippen molar-refractivity contribution in [2.45, 2.75) is 25.0 Å². The number of hydrogen-bond donors (Lipinski definition) is 2. The predicted molar refractivity (Wildman–Crippen MR) is 83.1 cm³/mol. The third-order valence-electron chi connectivity index (χ3n) is 2.77. The molecule has 0 saturated carbocycles. The quantitative estimate of drug-likeness (QED) is 0.844. The number of aliphatic hydroxyl groups excluding tert-OH is 1. The van der Waals surface area contributed by atoms with Gasteiger partial charge in [-0.15, -0.1) is 11.3 Å². The van der Waals surface area contributed by atoms with E-state index in [0.717, 1.165) is 10.4 Å². The molecule has 0 unspecified atom stereocenters. The van der Waals surface area contributed by atoms with E-state index < -0.39 is 10.0 Å². The molecule has 2 aromatic rings. The maximum Gasteiger partial charge on any atom is 0.242 e. The highest BCUT2D eigenvalue weighted by Gasteiger charge is 2.19. The Balaban J connectivity index is 2.31. The maximum absolute atomic E-state index is 12.4. The number of thiophene rings is 1. The molecule has 108 valence electrons. The van der Waals surface area contributed by atoms with E-state index >= 15 is 0 Å². The van der Waals surface area contributed by atoms with Crippen LogP contribution >= 0.6 is 27.3 Å². The molecule has 1 heterocycles. The second-order valence-electron chi connectivity index (χ2n) is 4.29. The number of benzene rings is 1. The Labute approximate surface area is 130 Å². The maximum atomic E-state index is 12.4. The third-order valence-corrected chi connectivity index (χ3v) is 6.39. The molecule has 0 saturated heterocycles. The molecular formula is C13H14BrNO3S2. The van der Waals surface area contributed by atoms with Gasteiger partial charge in [-0.1, -0.05) is 12.1 Å². The van der Waals surface area contributed by atoms with Gasteiger partial charge in [-0.25, -0.2) is 13.1 Å². The van der Waals surface area contributed by atoms with E-state index in [4.69, 9.17) is 0 Å². The topological polar surface area (TPSA) is 66.4 Å². The van der Waals surface area contributed by atoms with Crippen LogP contribution in [0.15, 0.2) is 39.0 Å². The lowest BCUT2D eigenvalue weighted by Crippen LogP contribution is -2.23. The molecule has 1 aromatic heterocycles. The van der Waals surface area contributed by atoms with Crippen LogP contribution in [0.25, 0.3) is 0 Å². The first-order chi connectivity index (χ1) is 9.44. The molecule has 0 atom stereocenters. The molecule has 0 aliphatic carbocycles. The molecular weight excluding hydrogens is 362 g/mol. The van der Waals surface area contributed by atoms with Crippen molar-refractivity contribution in [3.8, 4) is 0 Å². The van der Waals surface area contributed by atoms with E-state index in [-0.39, 0.29) is 18.0 Å². The van der Waals surface area contributed by atoms with Crippen LogP contribution in [0.2, 0.25) is 0 Å². The summed E-state index contributed by atoms with van der Waals surface area (Å²) in [6.45, 7) is 1.86. The molecule has 0 fully saturated rings. The molecule has 20 heavy (non-hydrogen) atoms. The minimum atomic E-state index is -3.62. The first kappa shape index (κ1) is 15.7. The van der Waals surface area contributed by atoms with E-state index in [1.807, 2.05) is 17.5 Å². The Hall–Kier alpha value is -0.730. The zero-order chi connectivity index (χ0) is 14.8. The normalized spacial score (nSPS) is 11.8. The van der Waals surface area contributed by atoms with Gasteiger partial charge < -0.3 is 5.11 Å². The summed E-state index contributed by atoms with van der Waals surface area (Å²) in [5, 5.41) is 11.1. The van der Waals surface area contributed by atoms with Gasteiger partial charge >= 0.3 is 0 Å². The largest absolute Gasteiger partial charge is 0.392 e. The molecule has 4 nitrogen and oxygen atoms in total. The number of rotatable bonds is 5. The molecule has 1 aromatic carbocycles. The Bertz CT molecular complexity index is 697. The van der Waals surface area contributed by atoms with Gasteiger partial charge in [0.15, 0.2) is 0 Å². The fraction of sp³-hybridized carbons (Fsp3) is 0.231. The zero-order valence-electron chi connectivity index (χ0n) is 10.8. The van der Waals surface area contributed by atoms with Gasteiger partial charge in [0.25, 0.3) is 0 Å². The summed E-state index contributed by atoms with van der Waals surface area (Å²) in [5.74, 6) is 0. The highest BCUT2D eigenvalue weighted by molar-refractivity contribution is 9.10. The van der Waals surface area contributed by atoms with Crippen molar-refractivity contribution in [1.82, 2.24) is 4.72 Å². The van der Waals surface area contributed by atoms with Gasteiger partial charge in [0.1, 0.15) is 0 Å². The summed E-state index contributed by atoms with van der Waals surface area (Å²) in [6.07, 6.45) is 0. The molecule has 0 radical (unpaired) electrons. The smallest absolute Gasteiger partial charge is 0.242 e. The molecule has 0 aliphatic heterocycles. The van der Waals surface area contributed by atoms with Crippen LogP contribution in [0.5, 0.6) is 0 Å². The number of aryl methyl sites for hydroxylation is 1. The summed E-state index contributed by atoms with van der Waals surface area (Å²) in [7, 11) is -3.62. The van der Waals surface area contributed by atoms with E-state index in [1.54, 1.807) is 13.0 Å². The van der Waals surface area contributed by atoms with Crippen LogP contribution in [-0.4, -0.2) is 13.5 Å². The van der Waals surface area contributed by atoms with Gasteiger partial charge in [0.05, 0.1) is 11.5 Å². The van der Waals surface area contributed by atoms with Crippen LogP contribution in [0, 0.1) is 6.92 Å². The van der Waals surface area contributed by atoms with E-state index in [0.29, 0.717) is 10.0 Å². The van der Waals surface area contributed by atoms with Crippen LogP contribution in [-0.2, 0) is 23.2 Å². The minimum Gasteiger partial charge on any atom is -0.392 e. The van der Waals surface area contributed by atoms with Gasteiger partial charge in [-0.3, -0.25) is 0 Å².